The van der Waals surface area contributed by atoms with Crippen molar-refractivity contribution in [1.82, 2.24) is 0 Å². The first kappa shape index (κ1) is 9.55. The highest BCUT2D eigenvalue weighted by atomic mass is 14.4. The van der Waals surface area contributed by atoms with Crippen molar-refractivity contribution in [2.75, 3.05) is 0 Å². The molecule has 2 saturated carbocycles. The van der Waals surface area contributed by atoms with Gasteiger partial charge in [-0.2, -0.15) is 0 Å². The van der Waals surface area contributed by atoms with Crippen molar-refractivity contribution < 1.29 is 0 Å². The first-order valence-corrected chi connectivity index (χ1v) is 6.23. The molecule has 13 heavy (non-hydrogen) atoms. The normalized spacial score (nSPS) is 44.8. The highest BCUT2D eigenvalue weighted by Crippen LogP contribution is 2.50. The summed E-state index contributed by atoms with van der Waals surface area (Å²) < 4.78 is 0. The van der Waals surface area contributed by atoms with Gasteiger partial charge in [-0.3, -0.25) is 0 Å². The molecule has 2 aliphatic carbocycles. The lowest BCUT2D eigenvalue weighted by Gasteiger charge is -2.40. The Morgan fingerprint density at radius 1 is 1.15 bits per heavy atom. The first-order valence-electron chi connectivity index (χ1n) is 6.23. The molecule has 0 spiro atoms. The van der Waals surface area contributed by atoms with E-state index in [1.54, 1.807) is 25.7 Å². The monoisotopic (exact) mass is 180 g/mol. The number of hydrogen-bond donors (Lipinski definition) is 0. The van der Waals surface area contributed by atoms with E-state index >= 15 is 0 Å². The average molecular weight is 180 g/mol. The maximum Gasteiger partial charge on any atom is -0.0323 e. The summed E-state index contributed by atoms with van der Waals surface area (Å²) in [4.78, 5) is 0. The largest absolute Gasteiger partial charge is 0.0654 e. The number of hydrogen-bond acceptors (Lipinski definition) is 0. The summed E-state index contributed by atoms with van der Waals surface area (Å²) in [5.74, 6) is 2.25. The van der Waals surface area contributed by atoms with E-state index in [0.29, 0.717) is 0 Å². The Bertz CT molecular complexity index is 173. The second kappa shape index (κ2) is 3.63. The molecule has 2 aliphatic rings. The van der Waals surface area contributed by atoms with E-state index in [-0.39, 0.29) is 0 Å². The maximum absolute atomic E-state index is 2.53. The topological polar surface area (TPSA) is 0 Å². The summed E-state index contributed by atoms with van der Waals surface area (Å²) in [6, 6.07) is 0. The average Bonchev–Trinajstić information content (AvgIpc) is 2.50. The van der Waals surface area contributed by atoms with E-state index < -0.39 is 0 Å². The van der Waals surface area contributed by atoms with Gasteiger partial charge in [-0.15, -0.1) is 0 Å². The third kappa shape index (κ3) is 1.92. The van der Waals surface area contributed by atoms with Gasteiger partial charge in [0.15, 0.2) is 0 Å². The molecule has 0 nitrogen and oxygen atoms in total. The third-order valence-electron chi connectivity index (χ3n) is 4.54. The van der Waals surface area contributed by atoms with Crippen LogP contribution in [0.25, 0.3) is 0 Å². The number of fused-ring (bicyclic) bond motifs is 1. The molecular formula is C13H24. The Balaban J connectivity index is 1.95. The van der Waals surface area contributed by atoms with Crippen molar-refractivity contribution in [2.24, 2.45) is 17.3 Å². The Labute approximate surface area is 83.1 Å². The molecule has 0 aromatic heterocycles. The fourth-order valence-electron chi connectivity index (χ4n) is 3.86. The minimum Gasteiger partial charge on any atom is -0.0654 e. The van der Waals surface area contributed by atoms with Gasteiger partial charge in [0.25, 0.3) is 0 Å². The highest BCUT2D eigenvalue weighted by Gasteiger charge is 2.38. The zero-order valence-corrected chi connectivity index (χ0v) is 9.31. The molecule has 0 saturated heterocycles. The molecule has 0 bridgehead atoms. The molecule has 3 unspecified atom stereocenters. The van der Waals surface area contributed by atoms with E-state index in [9.17, 15) is 0 Å². The fraction of sp³-hybridized carbons (Fsp3) is 1.00. The Morgan fingerprint density at radius 2 is 1.92 bits per heavy atom. The SMILES string of the molecule is CCCC1(C)CCC2CCCC2C1. The van der Waals surface area contributed by atoms with Gasteiger partial charge in [-0.25, -0.2) is 0 Å². The first-order chi connectivity index (χ1) is 6.23. The van der Waals surface area contributed by atoms with Crippen LogP contribution in [0.2, 0.25) is 0 Å². The van der Waals surface area contributed by atoms with E-state index in [2.05, 4.69) is 13.8 Å². The summed E-state index contributed by atoms with van der Waals surface area (Å²) in [6.45, 7) is 4.87. The van der Waals surface area contributed by atoms with E-state index in [1.165, 1.54) is 25.7 Å². The predicted molar refractivity (Wildman–Crippen MR) is 57.7 cm³/mol. The summed E-state index contributed by atoms with van der Waals surface area (Å²) in [5, 5.41) is 0. The van der Waals surface area contributed by atoms with Crippen LogP contribution in [0.5, 0.6) is 0 Å². The van der Waals surface area contributed by atoms with Crippen LogP contribution in [0.3, 0.4) is 0 Å². The van der Waals surface area contributed by atoms with Gasteiger partial charge < -0.3 is 0 Å². The molecular weight excluding hydrogens is 156 g/mol. The van der Waals surface area contributed by atoms with Crippen LogP contribution in [0, 0.1) is 17.3 Å². The molecule has 0 heteroatoms. The Hall–Kier alpha value is 0. The van der Waals surface area contributed by atoms with Crippen LogP contribution in [0.4, 0.5) is 0 Å². The smallest absolute Gasteiger partial charge is 0.0323 e. The van der Waals surface area contributed by atoms with Crippen LogP contribution in [0.15, 0.2) is 0 Å². The van der Waals surface area contributed by atoms with Crippen molar-refractivity contribution in [1.29, 1.82) is 0 Å². The van der Waals surface area contributed by atoms with Crippen molar-refractivity contribution in [3.63, 3.8) is 0 Å². The van der Waals surface area contributed by atoms with Gasteiger partial charge in [0.2, 0.25) is 0 Å². The van der Waals surface area contributed by atoms with Crippen molar-refractivity contribution >= 4 is 0 Å². The summed E-state index contributed by atoms with van der Waals surface area (Å²) in [7, 11) is 0. The molecule has 0 radical (unpaired) electrons. The minimum absolute atomic E-state index is 0.722. The minimum atomic E-state index is 0.722. The van der Waals surface area contributed by atoms with Gasteiger partial charge in [-0.05, 0) is 42.9 Å². The van der Waals surface area contributed by atoms with Gasteiger partial charge >= 0.3 is 0 Å². The Kier molecular flexibility index (Phi) is 2.67. The van der Waals surface area contributed by atoms with Crippen molar-refractivity contribution in [3.05, 3.63) is 0 Å². The molecule has 0 heterocycles. The summed E-state index contributed by atoms with van der Waals surface area (Å²) in [6.07, 6.45) is 12.1. The highest BCUT2D eigenvalue weighted by molar-refractivity contribution is 4.90. The van der Waals surface area contributed by atoms with Crippen LogP contribution in [-0.2, 0) is 0 Å². The zero-order chi connectivity index (χ0) is 9.31. The summed E-state index contributed by atoms with van der Waals surface area (Å²) >= 11 is 0. The van der Waals surface area contributed by atoms with Gasteiger partial charge in [0.1, 0.15) is 0 Å². The molecule has 76 valence electrons. The van der Waals surface area contributed by atoms with Crippen LogP contribution in [-0.4, -0.2) is 0 Å². The Morgan fingerprint density at radius 3 is 2.69 bits per heavy atom. The van der Waals surface area contributed by atoms with Gasteiger partial charge in [-0.1, -0.05) is 39.5 Å². The molecule has 2 rings (SSSR count). The molecule has 3 atom stereocenters. The maximum atomic E-state index is 2.53. The second-order valence-corrected chi connectivity index (χ2v) is 5.75. The lowest BCUT2D eigenvalue weighted by atomic mass is 9.65. The zero-order valence-electron chi connectivity index (χ0n) is 9.31. The molecule has 2 fully saturated rings. The number of rotatable bonds is 2. The van der Waals surface area contributed by atoms with Crippen LogP contribution >= 0.6 is 0 Å². The van der Waals surface area contributed by atoms with Crippen LogP contribution in [0.1, 0.15) is 65.2 Å². The second-order valence-electron chi connectivity index (χ2n) is 5.75. The van der Waals surface area contributed by atoms with Crippen molar-refractivity contribution in [3.8, 4) is 0 Å². The van der Waals surface area contributed by atoms with Crippen LogP contribution < -0.4 is 0 Å². The van der Waals surface area contributed by atoms with Gasteiger partial charge in [0, 0.05) is 0 Å². The predicted octanol–water partition coefficient (Wildman–Crippen LogP) is 4.39. The lowest BCUT2D eigenvalue weighted by Crippen LogP contribution is -2.29. The van der Waals surface area contributed by atoms with E-state index in [0.717, 1.165) is 17.3 Å². The molecule has 0 amide bonds. The quantitative estimate of drug-likeness (QED) is 0.591. The molecule has 0 aromatic carbocycles. The standard InChI is InChI=1S/C13H24/c1-3-8-13(2)9-7-11-5-4-6-12(11)10-13/h11-12H,3-10H2,1-2H3. The fourth-order valence-corrected chi connectivity index (χ4v) is 3.86. The van der Waals surface area contributed by atoms with Gasteiger partial charge in [0.05, 0.1) is 0 Å². The third-order valence-corrected chi connectivity index (χ3v) is 4.54. The molecule has 0 aromatic rings. The summed E-state index contributed by atoms with van der Waals surface area (Å²) in [5.41, 5.74) is 0.722. The van der Waals surface area contributed by atoms with E-state index in [4.69, 9.17) is 0 Å². The lowest BCUT2D eigenvalue weighted by molar-refractivity contribution is 0.111. The molecule has 0 N–H and O–H groups in total. The van der Waals surface area contributed by atoms with Crippen molar-refractivity contribution in [2.45, 2.75) is 65.2 Å². The molecule has 0 aliphatic heterocycles. The van der Waals surface area contributed by atoms with E-state index in [1.807, 2.05) is 0 Å².